The van der Waals surface area contributed by atoms with Gasteiger partial charge in [-0.05, 0) is 26.2 Å². The summed E-state index contributed by atoms with van der Waals surface area (Å²) in [7, 11) is 0. The van der Waals surface area contributed by atoms with E-state index in [1.54, 1.807) is 0 Å². The lowest BCUT2D eigenvalue weighted by molar-refractivity contribution is -0.259. The first-order valence-electron chi connectivity index (χ1n) is 4.61. The van der Waals surface area contributed by atoms with Crippen molar-refractivity contribution in [2.45, 2.75) is 38.4 Å². The van der Waals surface area contributed by atoms with Crippen LogP contribution in [-0.4, -0.2) is 24.9 Å². The van der Waals surface area contributed by atoms with Crippen LogP contribution in [0.25, 0.3) is 0 Å². The van der Waals surface area contributed by atoms with Crippen molar-refractivity contribution in [3.63, 3.8) is 0 Å². The third-order valence-corrected chi connectivity index (χ3v) is 2.39. The van der Waals surface area contributed by atoms with Crippen molar-refractivity contribution in [2.75, 3.05) is 19.1 Å². The summed E-state index contributed by atoms with van der Waals surface area (Å²) in [6.45, 7) is 3.68. The van der Waals surface area contributed by atoms with Crippen LogP contribution in [0.3, 0.4) is 0 Å². The first-order chi connectivity index (χ1) is 5.77. The van der Waals surface area contributed by atoms with Gasteiger partial charge in [-0.3, -0.25) is 0 Å². The number of rotatable bonds is 4. The molecule has 0 aromatic heterocycles. The van der Waals surface area contributed by atoms with Crippen LogP contribution >= 0.6 is 11.6 Å². The van der Waals surface area contributed by atoms with E-state index in [4.69, 9.17) is 21.1 Å². The van der Waals surface area contributed by atoms with Crippen LogP contribution in [0.2, 0.25) is 0 Å². The van der Waals surface area contributed by atoms with Crippen molar-refractivity contribution >= 4 is 11.6 Å². The minimum atomic E-state index is -0.329. The lowest BCUT2D eigenvalue weighted by Gasteiger charge is -2.33. The van der Waals surface area contributed by atoms with Gasteiger partial charge in [0.1, 0.15) is 0 Å². The molecule has 0 bridgehead atoms. The van der Waals surface area contributed by atoms with E-state index < -0.39 is 0 Å². The lowest BCUT2D eigenvalue weighted by Crippen LogP contribution is -2.37. The highest BCUT2D eigenvalue weighted by Gasteiger charge is 2.27. The summed E-state index contributed by atoms with van der Waals surface area (Å²) in [6.07, 6.45) is 4.11. The molecule has 0 aromatic rings. The molecular formula is C9H17ClO2. The molecular weight excluding hydrogens is 176 g/mol. The van der Waals surface area contributed by atoms with Gasteiger partial charge in [0.2, 0.25) is 0 Å². The smallest absolute Gasteiger partial charge is 0.165 e. The standard InChI is InChI=1S/C9H17ClO2/c1-9(5-2-3-6-10)11-7-4-8-12-9/h2-8H2,1H3. The fourth-order valence-electron chi connectivity index (χ4n) is 1.36. The Morgan fingerprint density at radius 2 is 1.92 bits per heavy atom. The molecule has 1 aliphatic rings. The number of ether oxygens (including phenoxy) is 2. The molecule has 12 heavy (non-hydrogen) atoms. The van der Waals surface area contributed by atoms with Crippen molar-refractivity contribution in [2.24, 2.45) is 0 Å². The van der Waals surface area contributed by atoms with Crippen molar-refractivity contribution in [1.82, 2.24) is 0 Å². The van der Waals surface area contributed by atoms with Crippen molar-refractivity contribution in [3.05, 3.63) is 0 Å². The molecule has 0 aromatic carbocycles. The molecule has 0 N–H and O–H groups in total. The largest absolute Gasteiger partial charge is 0.350 e. The number of hydrogen-bond donors (Lipinski definition) is 0. The van der Waals surface area contributed by atoms with Gasteiger partial charge < -0.3 is 9.47 Å². The van der Waals surface area contributed by atoms with Crippen molar-refractivity contribution in [3.8, 4) is 0 Å². The minimum absolute atomic E-state index is 0.329. The molecule has 1 heterocycles. The van der Waals surface area contributed by atoms with E-state index in [1.165, 1.54) is 0 Å². The molecule has 0 atom stereocenters. The maximum Gasteiger partial charge on any atom is 0.165 e. The van der Waals surface area contributed by atoms with E-state index in [2.05, 4.69) is 0 Å². The Balaban J connectivity index is 2.17. The Bertz CT molecular complexity index is 122. The predicted octanol–water partition coefficient (Wildman–Crippen LogP) is 2.55. The second-order valence-electron chi connectivity index (χ2n) is 3.33. The second-order valence-corrected chi connectivity index (χ2v) is 3.71. The summed E-state index contributed by atoms with van der Waals surface area (Å²) in [5, 5.41) is 0. The first kappa shape index (κ1) is 10.3. The van der Waals surface area contributed by atoms with Gasteiger partial charge in [-0.1, -0.05) is 0 Å². The zero-order valence-corrected chi connectivity index (χ0v) is 8.40. The topological polar surface area (TPSA) is 18.5 Å². The summed E-state index contributed by atoms with van der Waals surface area (Å²) in [5.74, 6) is 0.403. The van der Waals surface area contributed by atoms with Gasteiger partial charge in [0.25, 0.3) is 0 Å². The molecule has 0 radical (unpaired) electrons. The van der Waals surface area contributed by atoms with Crippen LogP contribution in [0.1, 0.15) is 32.6 Å². The molecule has 0 saturated carbocycles. The van der Waals surface area contributed by atoms with Crippen LogP contribution in [-0.2, 0) is 9.47 Å². The first-order valence-corrected chi connectivity index (χ1v) is 5.14. The maximum absolute atomic E-state index is 5.58. The Hall–Kier alpha value is 0.210. The second kappa shape index (κ2) is 5.05. The Labute approximate surface area is 79.2 Å². The Kier molecular flexibility index (Phi) is 4.33. The van der Waals surface area contributed by atoms with E-state index >= 15 is 0 Å². The molecule has 1 fully saturated rings. The monoisotopic (exact) mass is 192 g/mol. The van der Waals surface area contributed by atoms with Gasteiger partial charge in [-0.15, -0.1) is 11.6 Å². The van der Waals surface area contributed by atoms with E-state index in [0.717, 1.165) is 44.8 Å². The van der Waals surface area contributed by atoms with Crippen LogP contribution in [0.4, 0.5) is 0 Å². The van der Waals surface area contributed by atoms with E-state index in [0.29, 0.717) is 0 Å². The van der Waals surface area contributed by atoms with Gasteiger partial charge in [0, 0.05) is 12.3 Å². The van der Waals surface area contributed by atoms with Crippen LogP contribution in [0, 0.1) is 0 Å². The summed E-state index contributed by atoms with van der Waals surface area (Å²) in [5.41, 5.74) is 0. The fourth-order valence-corrected chi connectivity index (χ4v) is 1.55. The summed E-state index contributed by atoms with van der Waals surface area (Å²) < 4.78 is 11.1. The maximum atomic E-state index is 5.58. The number of halogens is 1. The third kappa shape index (κ3) is 3.30. The Morgan fingerprint density at radius 1 is 1.25 bits per heavy atom. The fraction of sp³-hybridized carbons (Fsp3) is 1.00. The van der Waals surface area contributed by atoms with E-state index in [1.807, 2.05) is 6.92 Å². The molecule has 72 valence electrons. The lowest BCUT2D eigenvalue weighted by atomic mass is 10.1. The highest BCUT2D eigenvalue weighted by atomic mass is 35.5. The molecule has 1 aliphatic heterocycles. The molecule has 2 nitrogen and oxygen atoms in total. The van der Waals surface area contributed by atoms with Crippen molar-refractivity contribution in [1.29, 1.82) is 0 Å². The normalized spacial score (nSPS) is 22.5. The molecule has 1 saturated heterocycles. The van der Waals surface area contributed by atoms with Crippen molar-refractivity contribution < 1.29 is 9.47 Å². The van der Waals surface area contributed by atoms with Crippen LogP contribution in [0.5, 0.6) is 0 Å². The van der Waals surface area contributed by atoms with Gasteiger partial charge >= 0.3 is 0 Å². The minimum Gasteiger partial charge on any atom is -0.350 e. The molecule has 3 heteroatoms. The average molecular weight is 193 g/mol. The van der Waals surface area contributed by atoms with E-state index in [-0.39, 0.29) is 5.79 Å². The Morgan fingerprint density at radius 3 is 2.50 bits per heavy atom. The summed E-state index contributed by atoms with van der Waals surface area (Å²) in [6, 6.07) is 0. The predicted molar refractivity (Wildman–Crippen MR) is 49.5 cm³/mol. The SMILES string of the molecule is CC1(CCCCCl)OCCCO1. The van der Waals surface area contributed by atoms with Gasteiger partial charge in [-0.25, -0.2) is 0 Å². The quantitative estimate of drug-likeness (QED) is 0.504. The molecule has 0 spiro atoms. The van der Waals surface area contributed by atoms with Gasteiger partial charge in [0.05, 0.1) is 13.2 Å². The molecule has 0 unspecified atom stereocenters. The highest BCUT2D eigenvalue weighted by Crippen LogP contribution is 2.24. The highest BCUT2D eigenvalue weighted by molar-refractivity contribution is 6.17. The molecule has 1 rings (SSSR count). The third-order valence-electron chi connectivity index (χ3n) is 2.12. The zero-order valence-electron chi connectivity index (χ0n) is 7.64. The van der Waals surface area contributed by atoms with Crippen LogP contribution in [0.15, 0.2) is 0 Å². The van der Waals surface area contributed by atoms with Gasteiger partial charge in [0.15, 0.2) is 5.79 Å². The summed E-state index contributed by atoms with van der Waals surface area (Å²) in [4.78, 5) is 0. The average Bonchev–Trinajstić information content (AvgIpc) is 2.06. The van der Waals surface area contributed by atoms with E-state index in [9.17, 15) is 0 Å². The number of hydrogen-bond acceptors (Lipinski definition) is 2. The van der Waals surface area contributed by atoms with Crippen LogP contribution < -0.4 is 0 Å². The van der Waals surface area contributed by atoms with Gasteiger partial charge in [-0.2, -0.15) is 0 Å². The number of alkyl halides is 1. The molecule has 0 aliphatic carbocycles. The summed E-state index contributed by atoms with van der Waals surface area (Å²) >= 11 is 5.58. The molecule has 0 amide bonds. The number of unbranched alkanes of at least 4 members (excludes halogenated alkanes) is 1. The zero-order chi connectivity index (χ0) is 8.86.